The fourth-order valence-electron chi connectivity index (χ4n) is 3.28. The van der Waals surface area contributed by atoms with E-state index in [1.54, 1.807) is 35.1 Å². The van der Waals surface area contributed by atoms with Gasteiger partial charge in [0.1, 0.15) is 11.9 Å². The lowest BCUT2D eigenvalue weighted by Gasteiger charge is -2.18. The van der Waals surface area contributed by atoms with Crippen molar-refractivity contribution >= 4 is 29.0 Å². The van der Waals surface area contributed by atoms with E-state index in [-0.39, 0.29) is 12.1 Å². The lowest BCUT2D eigenvalue weighted by Crippen LogP contribution is -2.21. The van der Waals surface area contributed by atoms with Crippen molar-refractivity contribution in [1.29, 1.82) is 0 Å². The highest BCUT2D eigenvalue weighted by Crippen LogP contribution is 2.33. The van der Waals surface area contributed by atoms with Crippen molar-refractivity contribution in [3.63, 3.8) is 0 Å². The summed E-state index contributed by atoms with van der Waals surface area (Å²) in [6, 6.07) is 14.1. The topological polar surface area (TPSA) is 80.2 Å². The molecule has 7 nitrogen and oxygen atoms in total. The minimum Gasteiger partial charge on any atom is -0.488 e. The van der Waals surface area contributed by atoms with Crippen LogP contribution in [-0.2, 0) is 7.05 Å². The van der Waals surface area contributed by atoms with Gasteiger partial charge in [-0.15, -0.1) is 0 Å². The van der Waals surface area contributed by atoms with E-state index in [1.165, 1.54) is 0 Å². The Morgan fingerprint density at radius 2 is 1.93 bits per heavy atom. The number of nitrogens with one attached hydrogen (secondary N) is 3. The molecule has 0 radical (unpaired) electrons. The van der Waals surface area contributed by atoms with Crippen molar-refractivity contribution in [2.75, 3.05) is 23.7 Å². The van der Waals surface area contributed by atoms with Gasteiger partial charge in [-0.3, -0.25) is 4.68 Å². The monoisotopic (exact) mass is 411 g/mol. The van der Waals surface area contributed by atoms with Gasteiger partial charge in [-0.25, -0.2) is 4.79 Å². The molecule has 0 bridgehead atoms. The maximum atomic E-state index is 12.4. The first kappa shape index (κ1) is 19.3. The van der Waals surface area contributed by atoms with Gasteiger partial charge in [-0.05, 0) is 61.5 Å². The molecule has 0 saturated carbocycles. The fraction of sp³-hybridized carbons (Fsp3) is 0.238. The number of aromatic nitrogens is 2. The van der Waals surface area contributed by atoms with Gasteiger partial charge < -0.3 is 20.7 Å². The third-order valence-corrected chi connectivity index (χ3v) is 5.00. The van der Waals surface area contributed by atoms with Crippen LogP contribution in [0.4, 0.5) is 16.2 Å². The van der Waals surface area contributed by atoms with Crippen LogP contribution in [0.5, 0.6) is 5.75 Å². The number of carbonyl (C=O) groups is 1. The Morgan fingerprint density at radius 1 is 1.17 bits per heavy atom. The summed E-state index contributed by atoms with van der Waals surface area (Å²) >= 11 is 5.88. The molecule has 2 amide bonds. The number of ether oxygens (including phenoxy) is 1. The van der Waals surface area contributed by atoms with Crippen LogP contribution >= 0.6 is 11.6 Å². The second-order valence-corrected chi connectivity index (χ2v) is 7.31. The Hall–Kier alpha value is -3.03. The van der Waals surface area contributed by atoms with Crippen molar-refractivity contribution in [3.8, 4) is 17.0 Å². The molecular formula is C21H22ClN5O2. The van der Waals surface area contributed by atoms with E-state index in [1.807, 2.05) is 31.3 Å². The van der Waals surface area contributed by atoms with E-state index in [9.17, 15) is 4.79 Å². The van der Waals surface area contributed by atoms with Crippen LogP contribution < -0.4 is 20.7 Å². The minimum absolute atomic E-state index is 0.133. The Labute approximate surface area is 174 Å². The van der Waals surface area contributed by atoms with Gasteiger partial charge in [0.15, 0.2) is 0 Å². The lowest BCUT2D eigenvalue weighted by molar-refractivity contribution is 0.224. The van der Waals surface area contributed by atoms with Crippen molar-refractivity contribution in [1.82, 2.24) is 15.1 Å². The molecule has 1 saturated heterocycles. The van der Waals surface area contributed by atoms with Crippen LogP contribution in [0.2, 0.25) is 5.02 Å². The van der Waals surface area contributed by atoms with E-state index < -0.39 is 0 Å². The third-order valence-electron chi connectivity index (χ3n) is 4.75. The van der Waals surface area contributed by atoms with Gasteiger partial charge in [0.2, 0.25) is 0 Å². The van der Waals surface area contributed by atoms with Crippen molar-refractivity contribution < 1.29 is 9.53 Å². The zero-order chi connectivity index (χ0) is 20.2. The highest BCUT2D eigenvalue weighted by Gasteiger charge is 2.19. The van der Waals surface area contributed by atoms with Crippen LogP contribution in [0.15, 0.2) is 54.7 Å². The molecule has 1 aliphatic rings. The molecule has 4 rings (SSSR count). The second kappa shape index (κ2) is 8.55. The van der Waals surface area contributed by atoms with Crippen molar-refractivity contribution in [2.24, 2.45) is 7.05 Å². The average molecular weight is 412 g/mol. The molecule has 1 fully saturated rings. The SMILES string of the molecule is Cn1nccc1-c1cc(NC(=O)Nc2ccc(Cl)cc2)ccc1O[C@H]1CCNC1. The Kier molecular flexibility index (Phi) is 5.69. The van der Waals surface area contributed by atoms with Crippen LogP contribution in [0, 0.1) is 0 Å². The lowest BCUT2D eigenvalue weighted by atomic mass is 10.1. The Morgan fingerprint density at radius 3 is 2.62 bits per heavy atom. The number of hydrogen-bond acceptors (Lipinski definition) is 4. The van der Waals surface area contributed by atoms with E-state index in [0.29, 0.717) is 16.4 Å². The van der Waals surface area contributed by atoms with Crippen LogP contribution in [0.1, 0.15) is 6.42 Å². The predicted molar refractivity (Wildman–Crippen MR) is 115 cm³/mol. The molecule has 1 atom stereocenters. The van der Waals surface area contributed by atoms with Gasteiger partial charge in [-0.1, -0.05) is 11.6 Å². The highest BCUT2D eigenvalue weighted by molar-refractivity contribution is 6.30. The first-order valence-electron chi connectivity index (χ1n) is 9.42. The van der Waals surface area contributed by atoms with Crippen molar-refractivity contribution in [3.05, 3.63) is 59.8 Å². The second-order valence-electron chi connectivity index (χ2n) is 6.87. The molecule has 1 aliphatic heterocycles. The summed E-state index contributed by atoms with van der Waals surface area (Å²) < 4.78 is 7.99. The van der Waals surface area contributed by atoms with Crippen LogP contribution in [0.25, 0.3) is 11.3 Å². The molecule has 0 aliphatic carbocycles. The van der Waals surface area contributed by atoms with Gasteiger partial charge in [0.25, 0.3) is 0 Å². The summed E-state index contributed by atoms with van der Waals surface area (Å²) in [5.74, 6) is 0.769. The largest absolute Gasteiger partial charge is 0.488 e. The molecule has 1 aromatic heterocycles. The molecule has 8 heteroatoms. The summed E-state index contributed by atoms with van der Waals surface area (Å²) in [5.41, 5.74) is 3.10. The Bertz CT molecular complexity index is 997. The van der Waals surface area contributed by atoms with E-state index in [2.05, 4.69) is 21.0 Å². The number of rotatable bonds is 5. The molecular weight excluding hydrogens is 390 g/mol. The van der Waals surface area contributed by atoms with E-state index in [4.69, 9.17) is 16.3 Å². The fourth-order valence-corrected chi connectivity index (χ4v) is 3.41. The summed E-state index contributed by atoms with van der Waals surface area (Å²) in [5, 5.41) is 13.8. The first-order valence-corrected chi connectivity index (χ1v) is 9.79. The quantitative estimate of drug-likeness (QED) is 0.589. The van der Waals surface area contributed by atoms with Gasteiger partial charge in [0.05, 0.1) is 5.69 Å². The normalized spacial score (nSPS) is 15.9. The number of amides is 2. The number of halogens is 1. The number of aryl methyl sites for hydroxylation is 1. The molecule has 2 heterocycles. The number of hydrogen-bond donors (Lipinski definition) is 3. The highest BCUT2D eigenvalue weighted by atomic mass is 35.5. The average Bonchev–Trinajstić information content (AvgIpc) is 3.36. The van der Waals surface area contributed by atoms with Crippen LogP contribution in [0.3, 0.4) is 0 Å². The van der Waals surface area contributed by atoms with Crippen LogP contribution in [-0.4, -0.2) is 35.0 Å². The molecule has 2 aromatic carbocycles. The van der Waals surface area contributed by atoms with Crippen molar-refractivity contribution in [2.45, 2.75) is 12.5 Å². The van der Waals surface area contributed by atoms with Gasteiger partial charge in [-0.2, -0.15) is 5.10 Å². The smallest absolute Gasteiger partial charge is 0.323 e. The molecule has 0 unspecified atom stereocenters. The standard InChI is InChI=1S/C21H22ClN5O2/c1-27-19(9-11-24-27)18-12-16(6-7-20(18)29-17-8-10-23-13-17)26-21(28)25-15-4-2-14(22)3-5-15/h2-7,9,11-12,17,23H,8,10,13H2,1H3,(H2,25,26,28)/t17-/m0/s1. The minimum atomic E-state index is -0.336. The summed E-state index contributed by atoms with van der Waals surface area (Å²) in [4.78, 5) is 12.4. The maximum Gasteiger partial charge on any atom is 0.323 e. The number of benzene rings is 2. The molecule has 0 spiro atoms. The van der Waals surface area contributed by atoms with Gasteiger partial charge in [0, 0.05) is 41.8 Å². The molecule has 3 aromatic rings. The van der Waals surface area contributed by atoms with E-state index >= 15 is 0 Å². The number of anilines is 2. The third kappa shape index (κ3) is 4.70. The summed E-state index contributed by atoms with van der Waals surface area (Å²) in [6.45, 7) is 1.78. The molecule has 150 valence electrons. The number of carbonyl (C=O) groups excluding carboxylic acids is 1. The predicted octanol–water partition coefficient (Wildman–Crippen LogP) is 4.13. The maximum absolute atomic E-state index is 12.4. The first-order chi connectivity index (χ1) is 14.1. The van der Waals surface area contributed by atoms with E-state index in [0.717, 1.165) is 36.5 Å². The zero-order valence-electron chi connectivity index (χ0n) is 16.0. The number of nitrogens with zero attached hydrogens (tertiary/aromatic N) is 2. The number of urea groups is 1. The Balaban J connectivity index is 1.55. The summed E-state index contributed by atoms with van der Waals surface area (Å²) in [6.07, 6.45) is 2.84. The summed E-state index contributed by atoms with van der Waals surface area (Å²) in [7, 11) is 1.88. The zero-order valence-corrected chi connectivity index (χ0v) is 16.7. The molecule has 29 heavy (non-hydrogen) atoms. The molecule has 3 N–H and O–H groups in total. The van der Waals surface area contributed by atoms with Gasteiger partial charge >= 0.3 is 6.03 Å².